The number of nitrogens with zero attached hydrogens (tertiary/aromatic N) is 3. The molecule has 0 unspecified atom stereocenters. The van der Waals surface area contributed by atoms with Crippen LogP contribution in [0.25, 0.3) is 11.0 Å². The quantitative estimate of drug-likeness (QED) is 0.841. The first-order chi connectivity index (χ1) is 7.74. The Labute approximate surface area is 93.0 Å². The van der Waals surface area contributed by atoms with E-state index in [0.717, 1.165) is 19.3 Å². The zero-order valence-corrected chi connectivity index (χ0v) is 9.45. The molecule has 16 heavy (non-hydrogen) atoms. The average molecular weight is 218 g/mol. The largest absolute Gasteiger partial charge is 0.310 e. The lowest BCUT2D eigenvalue weighted by atomic mass is 10.3. The van der Waals surface area contributed by atoms with Gasteiger partial charge < -0.3 is 4.98 Å². The first-order valence-corrected chi connectivity index (χ1v) is 5.49. The topological polar surface area (TPSA) is 71.5 Å². The second kappa shape index (κ2) is 4.38. The van der Waals surface area contributed by atoms with Crippen LogP contribution in [0.1, 0.15) is 31.9 Å². The van der Waals surface area contributed by atoms with Crippen molar-refractivity contribution in [2.45, 2.75) is 33.1 Å². The van der Waals surface area contributed by atoms with Crippen LogP contribution in [-0.2, 0) is 12.8 Å². The van der Waals surface area contributed by atoms with Crippen LogP contribution in [0.5, 0.6) is 0 Å². The molecular weight excluding hydrogens is 204 g/mol. The summed E-state index contributed by atoms with van der Waals surface area (Å²) in [6, 6.07) is 0. The summed E-state index contributed by atoms with van der Waals surface area (Å²) in [6.07, 6.45) is 3.99. The fourth-order valence-corrected chi connectivity index (χ4v) is 1.53. The summed E-state index contributed by atoms with van der Waals surface area (Å²) in [6.45, 7) is 4.02. The molecule has 0 aliphatic rings. The molecule has 0 atom stereocenters. The molecule has 0 spiro atoms. The van der Waals surface area contributed by atoms with Crippen LogP contribution in [0.15, 0.2) is 11.0 Å². The van der Waals surface area contributed by atoms with Crippen LogP contribution in [0.3, 0.4) is 0 Å². The molecular formula is C11H14N4O. The van der Waals surface area contributed by atoms with E-state index in [4.69, 9.17) is 0 Å². The molecule has 2 aromatic rings. The summed E-state index contributed by atoms with van der Waals surface area (Å²) in [4.78, 5) is 27.1. The summed E-state index contributed by atoms with van der Waals surface area (Å²) in [5.74, 6) is 1.41. The van der Waals surface area contributed by atoms with Gasteiger partial charge in [-0.1, -0.05) is 13.8 Å². The maximum atomic E-state index is 11.7. The number of fused-ring (bicyclic) bond motifs is 1. The van der Waals surface area contributed by atoms with E-state index in [1.807, 2.05) is 13.8 Å². The van der Waals surface area contributed by atoms with Crippen LogP contribution in [-0.4, -0.2) is 19.9 Å². The van der Waals surface area contributed by atoms with Crippen molar-refractivity contribution in [1.29, 1.82) is 0 Å². The van der Waals surface area contributed by atoms with Gasteiger partial charge in [0, 0.05) is 19.0 Å². The zero-order valence-electron chi connectivity index (χ0n) is 9.45. The molecule has 2 heterocycles. The number of aromatic nitrogens is 4. The molecule has 5 heteroatoms. The molecule has 1 N–H and O–H groups in total. The molecule has 0 saturated carbocycles. The van der Waals surface area contributed by atoms with Gasteiger partial charge in [0.05, 0.1) is 0 Å². The third kappa shape index (κ3) is 1.93. The predicted molar refractivity (Wildman–Crippen MR) is 61.3 cm³/mol. The van der Waals surface area contributed by atoms with Crippen LogP contribution in [0.2, 0.25) is 0 Å². The van der Waals surface area contributed by atoms with E-state index in [1.54, 1.807) is 6.20 Å². The normalized spacial score (nSPS) is 10.9. The SMILES string of the molecule is CCCc1nc2nc(CC)ncc2c(=O)[nH]1. The lowest BCUT2D eigenvalue weighted by molar-refractivity contribution is 0.829. The van der Waals surface area contributed by atoms with Gasteiger partial charge >= 0.3 is 0 Å². The van der Waals surface area contributed by atoms with E-state index >= 15 is 0 Å². The summed E-state index contributed by atoms with van der Waals surface area (Å²) in [5.41, 5.74) is 0.343. The van der Waals surface area contributed by atoms with E-state index < -0.39 is 0 Å². The Balaban J connectivity index is 2.63. The summed E-state index contributed by atoms with van der Waals surface area (Å²) in [7, 11) is 0. The molecule has 0 radical (unpaired) electrons. The van der Waals surface area contributed by atoms with E-state index in [1.165, 1.54) is 0 Å². The number of hydrogen-bond acceptors (Lipinski definition) is 4. The van der Waals surface area contributed by atoms with Gasteiger partial charge in [-0.05, 0) is 6.42 Å². The molecule has 0 aliphatic heterocycles. The number of nitrogens with one attached hydrogen (secondary N) is 1. The zero-order chi connectivity index (χ0) is 11.5. The molecule has 2 aromatic heterocycles. The van der Waals surface area contributed by atoms with Gasteiger partial charge in [0.25, 0.3) is 5.56 Å². The minimum atomic E-state index is -0.156. The van der Waals surface area contributed by atoms with Crippen molar-refractivity contribution in [3.63, 3.8) is 0 Å². The fraction of sp³-hybridized carbons (Fsp3) is 0.455. The lowest BCUT2D eigenvalue weighted by Gasteiger charge is -2.01. The molecule has 0 aromatic carbocycles. The first kappa shape index (κ1) is 10.7. The maximum Gasteiger partial charge on any atom is 0.261 e. The van der Waals surface area contributed by atoms with Gasteiger partial charge in [0.1, 0.15) is 17.0 Å². The van der Waals surface area contributed by atoms with Gasteiger partial charge in [-0.2, -0.15) is 0 Å². The molecule has 0 bridgehead atoms. The van der Waals surface area contributed by atoms with Crippen LogP contribution in [0, 0.1) is 0 Å². The van der Waals surface area contributed by atoms with Crippen molar-refractivity contribution in [3.05, 3.63) is 28.2 Å². The highest BCUT2D eigenvalue weighted by atomic mass is 16.1. The summed E-state index contributed by atoms with van der Waals surface area (Å²) < 4.78 is 0. The van der Waals surface area contributed by atoms with Crippen LogP contribution >= 0.6 is 0 Å². The van der Waals surface area contributed by atoms with Crippen LogP contribution < -0.4 is 5.56 Å². The third-order valence-electron chi connectivity index (χ3n) is 2.36. The van der Waals surface area contributed by atoms with Gasteiger partial charge in [-0.25, -0.2) is 15.0 Å². The van der Waals surface area contributed by atoms with Crippen molar-refractivity contribution >= 4 is 11.0 Å². The monoisotopic (exact) mass is 218 g/mol. The minimum absolute atomic E-state index is 0.156. The van der Waals surface area contributed by atoms with Crippen molar-refractivity contribution in [3.8, 4) is 0 Å². The average Bonchev–Trinajstić information content (AvgIpc) is 2.28. The standard InChI is InChI=1S/C11H14N4O/c1-3-5-9-14-10-7(11(16)15-9)6-12-8(4-2)13-10/h6H,3-5H2,1-2H3,(H,12,13,14,15,16). The number of H-pyrrole nitrogens is 1. The number of hydrogen-bond donors (Lipinski definition) is 1. The number of aryl methyl sites for hydroxylation is 2. The van der Waals surface area contributed by atoms with Gasteiger partial charge in [0.2, 0.25) is 0 Å². The van der Waals surface area contributed by atoms with E-state index in [2.05, 4.69) is 19.9 Å². The smallest absolute Gasteiger partial charge is 0.261 e. The third-order valence-corrected chi connectivity index (χ3v) is 2.36. The predicted octanol–water partition coefficient (Wildman–Crippen LogP) is 1.23. The van der Waals surface area contributed by atoms with Gasteiger partial charge in [-0.15, -0.1) is 0 Å². The van der Waals surface area contributed by atoms with Gasteiger partial charge in [-0.3, -0.25) is 4.79 Å². The minimum Gasteiger partial charge on any atom is -0.310 e. The van der Waals surface area contributed by atoms with E-state index in [0.29, 0.717) is 22.7 Å². The summed E-state index contributed by atoms with van der Waals surface area (Å²) in [5, 5.41) is 0.456. The fourth-order valence-electron chi connectivity index (χ4n) is 1.53. The lowest BCUT2D eigenvalue weighted by Crippen LogP contribution is -2.13. The Morgan fingerprint density at radius 3 is 2.81 bits per heavy atom. The number of rotatable bonds is 3. The molecule has 5 nitrogen and oxygen atoms in total. The van der Waals surface area contributed by atoms with Crippen molar-refractivity contribution in [1.82, 2.24) is 19.9 Å². The molecule has 84 valence electrons. The first-order valence-electron chi connectivity index (χ1n) is 5.49. The summed E-state index contributed by atoms with van der Waals surface area (Å²) >= 11 is 0. The molecule has 0 aliphatic carbocycles. The highest BCUT2D eigenvalue weighted by Gasteiger charge is 2.05. The van der Waals surface area contributed by atoms with E-state index in [-0.39, 0.29) is 5.56 Å². The van der Waals surface area contributed by atoms with Crippen molar-refractivity contribution < 1.29 is 0 Å². The Morgan fingerprint density at radius 2 is 2.12 bits per heavy atom. The van der Waals surface area contributed by atoms with E-state index in [9.17, 15) is 4.79 Å². The Bertz CT molecular complexity index is 561. The van der Waals surface area contributed by atoms with Crippen molar-refractivity contribution in [2.75, 3.05) is 0 Å². The second-order valence-corrected chi connectivity index (χ2v) is 3.64. The highest BCUT2D eigenvalue weighted by Crippen LogP contribution is 2.04. The highest BCUT2D eigenvalue weighted by molar-refractivity contribution is 5.71. The molecule has 2 rings (SSSR count). The molecule has 0 amide bonds. The second-order valence-electron chi connectivity index (χ2n) is 3.64. The molecule has 0 saturated heterocycles. The Morgan fingerprint density at radius 1 is 1.31 bits per heavy atom. The van der Waals surface area contributed by atoms with Crippen molar-refractivity contribution in [2.24, 2.45) is 0 Å². The Hall–Kier alpha value is -1.78. The number of aromatic amines is 1. The van der Waals surface area contributed by atoms with Crippen LogP contribution in [0.4, 0.5) is 0 Å². The van der Waals surface area contributed by atoms with Gasteiger partial charge in [0.15, 0.2) is 5.65 Å². The Kier molecular flexibility index (Phi) is 2.94. The molecule has 0 fully saturated rings. The maximum absolute atomic E-state index is 11.7.